The third-order valence-electron chi connectivity index (χ3n) is 3.58. The molecule has 2 aliphatic heterocycles. The minimum absolute atomic E-state index is 0.102. The summed E-state index contributed by atoms with van der Waals surface area (Å²) in [6.07, 6.45) is 0. The van der Waals surface area contributed by atoms with Gasteiger partial charge in [-0.05, 0) is 32.1 Å². The number of hydrogen-bond donors (Lipinski definition) is 1. The number of para-hydroxylation sites is 2. The van der Waals surface area contributed by atoms with E-state index in [1.807, 2.05) is 0 Å². The lowest BCUT2D eigenvalue weighted by Gasteiger charge is -2.35. The summed E-state index contributed by atoms with van der Waals surface area (Å²) in [5, 5.41) is 3.43. The molecule has 1 fully saturated rings. The van der Waals surface area contributed by atoms with Gasteiger partial charge in [0.25, 0.3) is 0 Å². The van der Waals surface area contributed by atoms with Gasteiger partial charge in [0.1, 0.15) is 10.5 Å². The molecular weight excluding hydrogens is 292 g/mol. The fourth-order valence-electron chi connectivity index (χ4n) is 2.45. The molecule has 2 aliphatic rings. The predicted octanol–water partition coefficient (Wildman–Crippen LogP) is 1.75. The number of piperazine rings is 1. The first-order valence-corrected chi connectivity index (χ1v) is 7.71. The molecule has 1 saturated heterocycles. The van der Waals surface area contributed by atoms with Crippen LogP contribution in [0.15, 0.2) is 35.3 Å². The van der Waals surface area contributed by atoms with Crippen LogP contribution in [-0.2, 0) is 0 Å². The average molecular weight is 320 g/mol. The van der Waals surface area contributed by atoms with Crippen molar-refractivity contribution < 1.29 is 11.0 Å². The monoisotopic (exact) mass is 320 g/mol. The number of anilines is 1. The van der Waals surface area contributed by atoms with Gasteiger partial charge in [-0.1, -0.05) is 12.1 Å². The first-order chi connectivity index (χ1) is 13.8. The van der Waals surface area contributed by atoms with Gasteiger partial charge in [-0.25, -0.2) is 4.99 Å². The molecular formula is C17H20N4S. The third-order valence-corrected chi connectivity index (χ3v) is 4.38. The van der Waals surface area contributed by atoms with Crippen molar-refractivity contribution in [1.29, 1.82) is 0 Å². The maximum atomic E-state index is 8.56. The van der Waals surface area contributed by atoms with Crippen LogP contribution >= 0.6 is 11.3 Å². The Morgan fingerprint density at radius 3 is 3.00 bits per heavy atom. The Morgan fingerprint density at radius 2 is 2.18 bits per heavy atom. The highest BCUT2D eigenvalue weighted by Crippen LogP contribution is 2.27. The smallest absolute Gasteiger partial charge is 0.127 e. The SMILES string of the molecule is [2H]c1c(C([2H])([2H])[2H])sc2c1=C(N1CC([2H])([2H])N(C)C([2H])([2H])C1)Nc1ccccc1N=2. The summed E-state index contributed by atoms with van der Waals surface area (Å²) in [4.78, 5) is 7.03. The molecule has 0 amide bonds. The molecule has 1 N–H and O–H groups in total. The molecule has 1 aromatic carbocycles. The van der Waals surface area contributed by atoms with E-state index in [1.165, 1.54) is 11.9 Å². The van der Waals surface area contributed by atoms with Crippen molar-refractivity contribution in [2.75, 3.05) is 38.4 Å². The molecule has 0 spiro atoms. The van der Waals surface area contributed by atoms with Gasteiger partial charge < -0.3 is 15.1 Å². The number of benzene rings is 1. The third kappa shape index (κ3) is 2.40. The van der Waals surface area contributed by atoms with Crippen LogP contribution < -0.4 is 15.2 Å². The number of thiophene rings is 1. The van der Waals surface area contributed by atoms with Crippen LogP contribution in [0.25, 0.3) is 5.82 Å². The van der Waals surface area contributed by atoms with Crippen molar-refractivity contribution in [3.63, 3.8) is 0 Å². The van der Waals surface area contributed by atoms with E-state index in [4.69, 9.17) is 11.0 Å². The molecule has 5 heteroatoms. The summed E-state index contributed by atoms with van der Waals surface area (Å²) in [6, 6.07) is 6.94. The molecule has 0 bridgehead atoms. The summed E-state index contributed by atoms with van der Waals surface area (Å²) in [5.74, 6) is 0.288. The summed E-state index contributed by atoms with van der Waals surface area (Å²) in [6.45, 7) is -6.77. The molecule has 0 radical (unpaired) electrons. The van der Waals surface area contributed by atoms with Gasteiger partial charge in [-0.3, -0.25) is 0 Å². The van der Waals surface area contributed by atoms with Gasteiger partial charge in [0, 0.05) is 40.6 Å². The van der Waals surface area contributed by atoms with E-state index in [-0.39, 0.29) is 35.0 Å². The predicted molar refractivity (Wildman–Crippen MR) is 92.0 cm³/mol. The maximum absolute atomic E-state index is 8.56. The Kier molecular flexibility index (Phi) is 1.87. The Morgan fingerprint density at radius 1 is 1.36 bits per heavy atom. The number of hydrogen-bond acceptors (Lipinski definition) is 5. The normalized spacial score (nSPS) is 28.6. The molecule has 0 aliphatic carbocycles. The topological polar surface area (TPSA) is 30.9 Å². The summed E-state index contributed by atoms with van der Waals surface area (Å²) >= 11 is 0.912. The van der Waals surface area contributed by atoms with Gasteiger partial charge in [0.2, 0.25) is 0 Å². The molecule has 0 saturated carbocycles. The lowest BCUT2D eigenvalue weighted by Crippen LogP contribution is -2.47. The Balaban J connectivity index is 2.00. The number of rotatable bonds is 1. The quantitative estimate of drug-likeness (QED) is 0.868. The molecule has 22 heavy (non-hydrogen) atoms. The minimum Gasteiger partial charge on any atom is -0.355 e. The van der Waals surface area contributed by atoms with Crippen LogP contribution in [0, 0.1) is 6.85 Å². The molecule has 3 heterocycles. The second kappa shape index (κ2) is 5.41. The molecule has 2 aromatic rings. The zero-order valence-corrected chi connectivity index (χ0v) is 12.8. The van der Waals surface area contributed by atoms with Crippen LogP contribution in [0.2, 0.25) is 0 Å². The van der Waals surface area contributed by atoms with Crippen molar-refractivity contribution in [2.24, 2.45) is 4.99 Å². The van der Waals surface area contributed by atoms with Crippen LogP contribution in [0.3, 0.4) is 0 Å². The summed E-state index contributed by atoms with van der Waals surface area (Å²) < 4.78 is 65.4. The highest BCUT2D eigenvalue weighted by molar-refractivity contribution is 7.09. The van der Waals surface area contributed by atoms with Crippen LogP contribution in [-0.4, -0.2) is 42.9 Å². The zero-order chi connectivity index (χ0) is 22.1. The number of nitrogens with one attached hydrogen (secondary N) is 1. The van der Waals surface area contributed by atoms with E-state index < -0.39 is 19.8 Å². The van der Waals surface area contributed by atoms with Gasteiger partial charge in [0.15, 0.2) is 0 Å². The Hall–Kier alpha value is -1.85. The number of fused-ring (bicyclic) bond motifs is 2. The highest BCUT2D eigenvalue weighted by atomic mass is 32.1. The standard InChI is InChI=1S/C17H20N4S/c1-12-11-13-16(21-9-7-20(2)8-10-21)18-14-5-3-4-6-15(14)19-17(13)22-12/h3-6,11,18H,7-10H2,1-2H3/i1D3,7D2,8D2,11D. The summed E-state index contributed by atoms with van der Waals surface area (Å²) in [7, 11) is 1.39. The lowest BCUT2D eigenvalue weighted by atomic mass is 10.2. The van der Waals surface area contributed by atoms with E-state index in [0.717, 1.165) is 16.2 Å². The zero-order valence-electron chi connectivity index (χ0n) is 20.0. The lowest BCUT2D eigenvalue weighted by molar-refractivity contribution is 0.206. The van der Waals surface area contributed by atoms with Gasteiger partial charge >= 0.3 is 0 Å². The second-order valence-electron chi connectivity index (χ2n) is 5.07. The van der Waals surface area contributed by atoms with Crippen LogP contribution in [0.5, 0.6) is 0 Å². The van der Waals surface area contributed by atoms with E-state index in [0.29, 0.717) is 16.0 Å². The van der Waals surface area contributed by atoms with Gasteiger partial charge in [0.05, 0.1) is 18.0 Å². The minimum atomic E-state index is -2.49. The second-order valence-corrected chi connectivity index (χ2v) is 6.07. The number of aryl methyl sites for hydroxylation is 1. The van der Waals surface area contributed by atoms with Crippen LogP contribution in [0.4, 0.5) is 11.4 Å². The van der Waals surface area contributed by atoms with E-state index >= 15 is 0 Å². The van der Waals surface area contributed by atoms with Crippen molar-refractivity contribution in [3.05, 3.63) is 45.1 Å². The molecule has 0 unspecified atom stereocenters. The van der Waals surface area contributed by atoms with Crippen molar-refractivity contribution in [3.8, 4) is 0 Å². The molecule has 4 nitrogen and oxygen atoms in total. The summed E-state index contributed by atoms with van der Waals surface area (Å²) in [5.41, 5.74) is 1.18. The van der Waals surface area contributed by atoms with Gasteiger partial charge in [-0.15, -0.1) is 11.3 Å². The molecule has 1 aromatic heterocycles. The van der Waals surface area contributed by atoms with E-state index in [9.17, 15) is 0 Å². The van der Waals surface area contributed by atoms with E-state index in [1.54, 1.807) is 24.3 Å². The van der Waals surface area contributed by atoms with Crippen molar-refractivity contribution in [2.45, 2.75) is 6.85 Å². The van der Waals surface area contributed by atoms with Gasteiger partial charge in [-0.2, -0.15) is 0 Å². The highest BCUT2D eigenvalue weighted by Gasteiger charge is 2.20. The molecule has 4 rings (SSSR count). The van der Waals surface area contributed by atoms with Crippen molar-refractivity contribution in [1.82, 2.24) is 9.80 Å². The van der Waals surface area contributed by atoms with Crippen molar-refractivity contribution >= 4 is 28.5 Å². The average Bonchev–Trinajstić information content (AvgIpc) is 2.85. The fraction of sp³-hybridized carbons (Fsp3) is 0.353. The first-order valence-electron chi connectivity index (χ1n) is 10.9. The number of nitrogens with zero attached hydrogens (tertiary/aromatic N) is 3. The largest absolute Gasteiger partial charge is 0.355 e. The maximum Gasteiger partial charge on any atom is 0.127 e. The van der Waals surface area contributed by atoms with E-state index in [2.05, 4.69) is 10.3 Å². The van der Waals surface area contributed by atoms with Crippen LogP contribution in [0.1, 0.15) is 15.8 Å². The molecule has 114 valence electrons. The Labute approximate surface area is 145 Å². The molecule has 0 atom stereocenters. The number of likely N-dealkylation sites (N-methyl/N-ethyl adjacent to an activating group) is 1. The Bertz CT molecular complexity index is 1110. The fourth-order valence-corrected chi connectivity index (χ4v) is 3.19. The first kappa shape index (κ1) is 7.62.